The molecule has 2 aromatic rings. The van der Waals surface area contributed by atoms with E-state index in [1.54, 1.807) is 0 Å². The summed E-state index contributed by atoms with van der Waals surface area (Å²) in [6.07, 6.45) is 1.21. The molecule has 20 heavy (non-hydrogen) atoms. The van der Waals surface area contributed by atoms with Gasteiger partial charge in [0.2, 0.25) is 10.0 Å². The Morgan fingerprint density at radius 3 is 2.80 bits per heavy atom. The molecular formula is C9H10N6O4S. The SMILES string of the molecule is Nc1ccc([N+](=O)[O-])c(S(=O)(=O)NCc2ncn[nH]2)c1. The molecule has 1 heterocycles. The molecule has 1 aromatic heterocycles. The summed E-state index contributed by atoms with van der Waals surface area (Å²) in [6.45, 7) is -0.172. The number of nitrogen functional groups attached to an aromatic ring is 1. The Labute approximate surface area is 113 Å². The average molecular weight is 298 g/mol. The first-order valence-electron chi connectivity index (χ1n) is 5.28. The molecule has 11 heteroatoms. The van der Waals surface area contributed by atoms with Crippen molar-refractivity contribution >= 4 is 21.4 Å². The highest BCUT2D eigenvalue weighted by Gasteiger charge is 2.25. The largest absolute Gasteiger partial charge is 0.399 e. The minimum atomic E-state index is -4.09. The topological polar surface area (TPSA) is 157 Å². The van der Waals surface area contributed by atoms with Crippen molar-refractivity contribution in [2.24, 2.45) is 0 Å². The fourth-order valence-corrected chi connectivity index (χ4v) is 2.65. The number of hydrogen-bond acceptors (Lipinski definition) is 7. The van der Waals surface area contributed by atoms with E-state index >= 15 is 0 Å². The number of nitro groups is 1. The molecule has 0 fully saturated rings. The van der Waals surface area contributed by atoms with Gasteiger partial charge in [-0.05, 0) is 12.1 Å². The van der Waals surface area contributed by atoms with Gasteiger partial charge in [-0.2, -0.15) is 5.10 Å². The van der Waals surface area contributed by atoms with Gasteiger partial charge in [-0.1, -0.05) is 0 Å². The van der Waals surface area contributed by atoms with Crippen molar-refractivity contribution in [1.29, 1.82) is 0 Å². The van der Waals surface area contributed by atoms with Crippen molar-refractivity contribution in [3.63, 3.8) is 0 Å². The fraction of sp³-hybridized carbons (Fsp3) is 0.111. The Morgan fingerprint density at radius 1 is 1.45 bits per heavy atom. The molecule has 0 aliphatic carbocycles. The third-order valence-electron chi connectivity index (χ3n) is 2.36. The van der Waals surface area contributed by atoms with Gasteiger partial charge in [0.25, 0.3) is 5.69 Å². The van der Waals surface area contributed by atoms with Crippen LogP contribution in [0, 0.1) is 10.1 Å². The Kier molecular flexibility index (Phi) is 3.63. The van der Waals surface area contributed by atoms with Crippen molar-refractivity contribution in [2.75, 3.05) is 5.73 Å². The van der Waals surface area contributed by atoms with Crippen LogP contribution in [0.2, 0.25) is 0 Å². The van der Waals surface area contributed by atoms with Gasteiger partial charge in [-0.3, -0.25) is 15.2 Å². The molecule has 0 radical (unpaired) electrons. The van der Waals surface area contributed by atoms with Crippen LogP contribution >= 0.6 is 0 Å². The number of nitrogens with one attached hydrogen (secondary N) is 2. The van der Waals surface area contributed by atoms with Gasteiger partial charge >= 0.3 is 0 Å². The lowest BCUT2D eigenvalue weighted by molar-refractivity contribution is -0.387. The highest BCUT2D eigenvalue weighted by Crippen LogP contribution is 2.25. The maximum Gasteiger partial charge on any atom is 0.289 e. The first-order valence-corrected chi connectivity index (χ1v) is 6.76. The van der Waals surface area contributed by atoms with Gasteiger partial charge in [-0.15, -0.1) is 0 Å². The monoisotopic (exact) mass is 298 g/mol. The summed E-state index contributed by atoms with van der Waals surface area (Å²) in [7, 11) is -4.09. The van der Waals surface area contributed by atoms with E-state index in [4.69, 9.17) is 5.73 Å². The molecule has 106 valence electrons. The van der Waals surface area contributed by atoms with Crippen molar-refractivity contribution in [1.82, 2.24) is 19.9 Å². The van der Waals surface area contributed by atoms with Crippen molar-refractivity contribution in [3.8, 4) is 0 Å². The third kappa shape index (κ3) is 2.89. The highest BCUT2D eigenvalue weighted by atomic mass is 32.2. The Balaban J connectivity index is 2.33. The number of rotatable bonds is 5. The molecule has 0 saturated carbocycles. The van der Waals surface area contributed by atoms with Crippen LogP contribution < -0.4 is 10.5 Å². The van der Waals surface area contributed by atoms with Gasteiger partial charge in [0.05, 0.1) is 11.5 Å². The second kappa shape index (κ2) is 5.22. The van der Waals surface area contributed by atoms with Crippen LogP contribution in [-0.4, -0.2) is 28.5 Å². The summed E-state index contributed by atoms with van der Waals surface area (Å²) in [6, 6.07) is 3.33. The van der Waals surface area contributed by atoms with Gasteiger partial charge < -0.3 is 5.73 Å². The van der Waals surface area contributed by atoms with Crippen molar-refractivity contribution < 1.29 is 13.3 Å². The number of hydrogen-bond donors (Lipinski definition) is 3. The van der Waals surface area contributed by atoms with Crippen LogP contribution in [0.4, 0.5) is 11.4 Å². The molecule has 10 nitrogen and oxygen atoms in total. The van der Waals surface area contributed by atoms with Crippen molar-refractivity contribution in [2.45, 2.75) is 11.4 Å². The minimum Gasteiger partial charge on any atom is -0.399 e. The zero-order valence-electron chi connectivity index (χ0n) is 9.98. The summed E-state index contributed by atoms with van der Waals surface area (Å²) in [5.41, 5.74) is 5.03. The number of anilines is 1. The second-order valence-electron chi connectivity index (χ2n) is 3.74. The summed E-state index contributed by atoms with van der Waals surface area (Å²) in [4.78, 5) is 13.3. The highest BCUT2D eigenvalue weighted by molar-refractivity contribution is 7.89. The summed E-state index contributed by atoms with van der Waals surface area (Å²) < 4.78 is 26.3. The first kappa shape index (κ1) is 13.9. The van der Waals surface area contributed by atoms with Gasteiger partial charge in [0.1, 0.15) is 12.2 Å². The Hall–Kier alpha value is -2.53. The van der Waals surface area contributed by atoms with E-state index in [1.807, 2.05) is 0 Å². The molecular weight excluding hydrogens is 288 g/mol. The second-order valence-corrected chi connectivity index (χ2v) is 5.48. The predicted molar refractivity (Wildman–Crippen MR) is 67.9 cm³/mol. The molecule has 1 aromatic carbocycles. The number of nitro benzene ring substituents is 1. The average Bonchev–Trinajstić information content (AvgIpc) is 2.89. The van der Waals surface area contributed by atoms with Crippen LogP contribution in [-0.2, 0) is 16.6 Å². The fourth-order valence-electron chi connectivity index (χ4n) is 1.45. The van der Waals surface area contributed by atoms with Crippen LogP contribution in [0.1, 0.15) is 5.82 Å². The number of sulfonamides is 1. The Bertz CT molecular complexity index is 727. The normalized spacial score (nSPS) is 11.4. The zero-order valence-corrected chi connectivity index (χ0v) is 10.8. The van der Waals surface area contributed by atoms with E-state index in [1.165, 1.54) is 12.4 Å². The van der Waals surface area contributed by atoms with E-state index in [9.17, 15) is 18.5 Å². The lowest BCUT2D eigenvalue weighted by Crippen LogP contribution is -2.24. The number of aromatic amines is 1. The van der Waals surface area contributed by atoms with E-state index in [2.05, 4.69) is 19.9 Å². The maximum absolute atomic E-state index is 12.1. The van der Waals surface area contributed by atoms with Crippen LogP contribution in [0.5, 0.6) is 0 Å². The smallest absolute Gasteiger partial charge is 0.289 e. The number of nitrogens with zero attached hydrogens (tertiary/aromatic N) is 3. The van der Waals surface area contributed by atoms with E-state index in [0.29, 0.717) is 0 Å². The molecule has 0 atom stereocenters. The standard InChI is InChI=1S/C9H10N6O4S/c10-6-1-2-7(15(16)17)8(3-6)20(18,19)13-4-9-11-5-12-14-9/h1-3,5,13H,4,10H2,(H,11,12,14). The molecule has 0 aliphatic heterocycles. The molecule has 0 spiro atoms. The van der Waals surface area contributed by atoms with E-state index < -0.39 is 25.5 Å². The first-order chi connectivity index (χ1) is 9.40. The molecule has 4 N–H and O–H groups in total. The molecule has 0 saturated heterocycles. The maximum atomic E-state index is 12.1. The van der Waals surface area contributed by atoms with Gasteiger partial charge in [-0.25, -0.2) is 18.1 Å². The summed E-state index contributed by atoms with van der Waals surface area (Å²) in [5, 5.41) is 16.9. The molecule has 0 aliphatic rings. The summed E-state index contributed by atoms with van der Waals surface area (Å²) >= 11 is 0. The minimum absolute atomic E-state index is 0.107. The van der Waals surface area contributed by atoms with E-state index in [-0.39, 0.29) is 18.1 Å². The van der Waals surface area contributed by atoms with Crippen LogP contribution in [0.15, 0.2) is 29.4 Å². The third-order valence-corrected chi connectivity index (χ3v) is 3.80. The van der Waals surface area contributed by atoms with Crippen LogP contribution in [0.3, 0.4) is 0 Å². The number of nitrogens with two attached hydrogens (primary N) is 1. The quantitative estimate of drug-likeness (QED) is 0.391. The summed E-state index contributed by atoms with van der Waals surface area (Å²) in [5.74, 6) is 0.278. The molecule has 0 unspecified atom stereocenters. The predicted octanol–water partition coefficient (Wildman–Crippen LogP) is -0.226. The van der Waals surface area contributed by atoms with Crippen LogP contribution in [0.25, 0.3) is 0 Å². The van der Waals surface area contributed by atoms with Gasteiger partial charge in [0, 0.05) is 11.8 Å². The molecule has 2 rings (SSSR count). The Morgan fingerprint density at radius 2 is 2.20 bits per heavy atom. The number of benzene rings is 1. The van der Waals surface area contributed by atoms with Crippen molar-refractivity contribution in [3.05, 3.63) is 40.5 Å². The zero-order chi connectivity index (χ0) is 14.8. The number of aromatic nitrogens is 3. The lowest BCUT2D eigenvalue weighted by Gasteiger charge is -2.06. The molecule has 0 amide bonds. The van der Waals surface area contributed by atoms with Gasteiger partial charge in [0.15, 0.2) is 4.90 Å². The molecule has 0 bridgehead atoms. The van der Waals surface area contributed by atoms with E-state index in [0.717, 1.165) is 12.1 Å². The number of H-pyrrole nitrogens is 1. The lowest BCUT2D eigenvalue weighted by atomic mass is 10.3.